The number of hydrogen-bond donors (Lipinski definition) is 0. The number of halogens is 3. The molecule has 0 aliphatic heterocycles. The molecular weight excluding hydrogens is 209 g/mol. The lowest BCUT2D eigenvalue weighted by Crippen LogP contribution is -1.93. The van der Waals surface area contributed by atoms with Crippen LogP contribution in [0.2, 0.25) is 0 Å². The second-order valence-electron chi connectivity index (χ2n) is 3.23. The van der Waals surface area contributed by atoms with E-state index in [0.717, 1.165) is 18.4 Å². The van der Waals surface area contributed by atoms with Crippen molar-refractivity contribution in [2.75, 3.05) is 0 Å². The molecule has 0 N–H and O–H groups in total. The average Bonchev–Trinajstić information content (AvgIpc) is 2.58. The summed E-state index contributed by atoms with van der Waals surface area (Å²) in [4.78, 5) is 0.536. The van der Waals surface area contributed by atoms with Crippen molar-refractivity contribution < 1.29 is 13.2 Å². The monoisotopic (exact) mass is 218 g/mol. The zero-order chi connectivity index (χ0) is 10.1. The molecule has 1 aromatic carbocycles. The summed E-state index contributed by atoms with van der Waals surface area (Å²) >= 11 is 0.512. The molecule has 0 radical (unpaired) electrons. The fourth-order valence-electron chi connectivity index (χ4n) is 1.84. The van der Waals surface area contributed by atoms with Gasteiger partial charge in [0.1, 0.15) is 5.82 Å². The number of benzene rings is 1. The Morgan fingerprint density at radius 3 is 2.57 bits per heavy atom. The summed E-state index contributed by atoms with van der Waals surface area (Å²) in [5, 5.41) is 0. The summed E-state index contributed by atoms with van der Waals surface area (Å²) < 4.78 is 37.5. The third-order valence-electron chi connectivity index (χ3n) is 2.40. The van der Waals surface area contributed by atoms with Gasteiger partial charge in [-0.05, 0) is 42.5 Å². The summed E-state index contributed by atoms with van der Waals surface area (Å²) in [6.45, 7) is 0. The minimum Gasteiger partial charge on any atom is -0.207 e. The summed E-state index contributed by atoms with van der Waals surface area (Å²) in [6, 6.07) is 2.74. The van der Waals surface area contributed by atoms with Gasteiger partial charge in [0.15, 0.2) is 0 Å². The normalized spacial score (nSPS) is 14.9. The van der Waals surface area contributed by atoms with Crippen LogP contribution < -0.4 is 0 Å². The van der Waals surface area contributed by atoms with Gasteiger partial charge in [-0.1, -0.05) is 11.8 Å². The van der Waals surface area contributed by atoms with E-state index in [-0.39, 0.29) is 5.82 Å². The molecule has 0 unspecified atom stereocenters. The smallest absolute Gasteiger partial charge is 0.207 e. The standard InChI is InChI=1S/C10H9F3S/c11-8-4-5-9(14-10(12)13)7-3-1-2-6(7)8/h4-5,10H,1-3H2. The quantitative estimate of drug-likeness (QED) is 0.683. The largest absolute Gasteiger partial charge is 0.288 e. The van der Waals surface area contributed by atoms with E-state index in [1.54, 1.807) is 0 Å². The van der Waals surface area contributed by atoms with Crippen LogP contribution in [0.25, 0.3) is 0 Å². The van der Waals surface area contributed by atoms with E-state index in [1.807, 2.05) is 0 Å². The van der Waals surface area contributed by atoms with E-state index < -0.39 is 5.76 Å². The van der Waals surface area contributed by atoms with E-state index >= 15 is 0 Å². The Morgan fingerprint density at radius 1 is 1.14 bits per heavy atom. The zero-order valence-electron chi connectivity index (χ0n) is 7.40. The van der Waals surface area contributed by atoms with Gasteiger partial charge in [-0.15, -0.1) is 0 Å². The molecule has 0 nitrogen and oxygen atoms in total. The number of fused-ring (bicyclic) bond motifs is 1. The van der Waals surface area contributed by atoms with Gasteiger partial charge in [0, 0.05) is 4.90 Å². The van der Waals surface area contributed by atoms with E-state index in [9.17, 15) is 13.2 Å². The average molecular weight is 218 g/mol. The number of hydrogen-bond acceptors (Lipinski definition) is 1. The molecule has 4 heteroatoms. The molecular formula is C10H9F3S. The number of rotatable bonds is 2. The molecule has 1 aliphatic rings. The van der Waals surface area contributed by atoms with Crippen molar-refractivity contribution in [3.8, 4) is 0 Å². The molecule has 1 aromatic rings. The highest BCUT2D eigenvalue weighted by molar-refractivity contribution is 7.99. The van der Waals surface area contributed by atoms with Crippen molar-refractivity contribution in [2.24, 2.45) is 0 Å². The maximum Gasteiger partial charge on any atom is 0.288 e. The molecule has 14 heavy (non-hydrogen) atoms. The molecule has 0 spiro atoms. The molecule has 0 atom stereocenters. The molecule has 0 heterocycles. The van der Waals surface area contributed by atoms with Crippen LogP contribution in [0, 0.1) is 5.82 Å². The second-order valence-corrected chi connectivity index (χ2v) is 4.27. The van der Waals surface area contributed by atoms with Crippen LogP contribution in [0.4, 0.5) is 13.2 Å². The molecule has 0 bridgehead atoms. The highest BCUT2D eigenvalue weighted by Crippen LogP contribution is 2.35. The van der Waals surface area contributed by atoms with Crippen LogP contribution in [0.15, 0.2) is 17.0 Å². The van der Waals surface area contributed by atoms with Crippen molar-refractivity contribution in [2.45, 2.75) is 29.9 Å². The minimum absolute atomic E-state index is 0.254. The summed E-state index contributed by atoms with van der Waals surface area (Å²) in [6.07, 6.45) is 2.27. The van der Waals surface area contributed by atoms with Gasteiger partial charge >= 0.3 is 0 Å². The Hall–Kier alpha value is -0.640. The Morgan fingerprint density at radius 2 is 1.86 bits per heavy atom. The summed E-state index contributed by atoms with van der Waals surface area (Å²) in [5.74, 6) is -2.68. The topological polar surface area (TPSA) is 0 Å². The highest BCUT2D eigenvalue weighted by atomic mass is 32.2. The molecule has 0 amide bonds. The van der Waals surface area contributed by atoms with Crippen molar-refractivity contribution in [1.29, 1.82) is 0 Å². The maximum absolute atomic E-state index is 13.2. The maximum atomic E-state index is 13.2. The fraction of sp³-hybridized carbons (Fsp3) is 0.400. The molecule has 0 saturated heterocycles. The highest BCUT2D eigenvalue weighted by Gasteiger charge is 2.20. The first kappa shape index (κ1) is 9.90. The van der Waals surface area contributed by atoms with Gasteiger partial charge in [-0.2, -0.15) is 8.78 Å². The Labute approximate surface area is 84.5 Å². The first-order valence-electron chi connectivity index (χ1n) is 4.43. The van der Waals surface area contributed by atoms with Crippen molar-refractivity contribution >= 4 is 11.8 Å². The van der Waals surface area contributed by atoms with E-state index in [4.69, 9.17) is 0 Å². The van der Waals surface area contributed by atoms with E-state index in [2.05, 4.69) is 0 Å². The third kappa shape index (κ3) is 1.75. The van der Waals surface area contributed by atoms with Crippen LogP contribution in [0.5, 0.6) is 0 Å². The predicted molar refractivity (Wildman–Crippen MR) is 50.3 cm³/mol. The lowest BCUT2D eigenvalue weighted by Gasteiger charge is -2.07. The summed E-state index contributed by atoms with van der Waals surface area (Å²) in [7, 11) is 0. The van der Waals surface area contributed by atoms with E-state index in [0.29, 0.717) is 28.6 Å². The number of alkyl halides is 2. The van der Waals surface area contributed by atoms with Gasteiger partial charge in [-0.3, -0.25) is 0 Å². The van der Waals surface area contributed by atoms with Gasteiger partial charge < -0.3 is 0 Å². The zero-order valence-corrected chi connectivity index (χ0v) is 8.21. The second kappa shape index (κ2) is 3.85. The van der Waals surface area contributed by atoms with Gasteiger partial charge in [-0.25, -0.2) is 4.39 Å². The number of thioether (sulfide) groups is 1. The van der Waals surface area contributed by atoms with Gasteiger partial charge in [0.05, 0.1) is 0 Å². The minimum atomic E-state index is -2.43. The van der Waals surface area contributed by atoms with Crippen molar-refractivity contribution in [3.63, 3.8) is 0 Å². The van der Waals surface area contributed by atoms with Crippen LogP contribution in [0.1, 0.15) is 17.5 Å². The molecule has 0 saturated carbocycles. The van der Waals surface area contributed by atoms with Gasteiger partial charge in [0.2, 0.25) is 0 Å². The molecule has 0 fully saturated rings. The first-order valence-corrected chi connectivity index (χ1v) is 5.31. The van der Waals surface area contributed by atoms with Crippen molar-refractivity contribution in [1.82, 2.24) is 0 Å². The summed E-state index contributed by atoms with van der Waals surface area (Å²) in [5.41, 5.74) is 1.42. The third-order valence-corrected chi connectivity index (χ3v) is 3.22. The SMILES string of the molecule is Fc1ccc(SC(F)F)c2c1CCC2. The molecule has 1 aliphatic carbocycles. The fourth-order valence-corrected chi connectivity index (χ4v) is 2.54. The predicted octanol–water partition coefficient (Wildman–Crippen LogP) is 3.63. The van der Waals surface area contributed by atoms with Crippen LogP contribution >= 0.6 is 11.8 Å². The van der Waals surface area contributed by atoms with Crippen LogP contribution in [-0.4, -0.2) is 5.76 Å². The Balaban J connectivity index is 2.38. The Kier molecular flexibility index (Phi) is 2.72. The molecule has 2 rings (SSSR count). The molecule has 76 valence electrons. The van der Waals surface area contributed by atoms with E-state index in [1.165, 1.54) is 12.1 Å². The lowest BCUT2D eigenvalue weighted by atomic mass is 10.1. The lowest BCUT2D eigenvalue weighted by molar-refractivity contribution is 0.252. The Bertz CT molecular complexity index is 349. The van der Waals surface area contributed by atoms with Crippen LogP contribution in [-0.2, 0) is 12.8 Å². The van der Waals surface area contributed by atoms with Crippen molar-refractivity contribution in [3.05, 3.63) is 29.1 Å². The van der Waals surface area contributed by atoms with Crippen LogP contribution in [0.3, 0.4) is 0 Å². The van der Waals surface area contributed by atoms with Gasteiger partial charge in [0.25, 0.3) is 5.76 Å². The molecule has 0 aromatic heterocycles. The first-order chi connectivity index (χ1) is 6.68.